The van der Waals surface area contributed by atoms with Crippen molar-refractivity contribution in [1.29, 1.82) is 0 Å². The van der Waals surface area contributed by atoms with Crippen LogP contribution in [0.4, 0.5) is 11.4 Å². The highest BCUT2D eigenvalue weighted by Crippen LogP contribution is 2.28. The molecule has 0 spiro atoms. The SMILES string of the molecule is COc1ccccc1N1CCN(Cc2ccc(C(=O)Nc3cccc(C)c3)o2)CC1. The first-order valence-corrected chi connectivity index (χ1v) is 10.2. The predicted molar refractivity (Wildman–Crippen MR) is 118 cm³/mol. The lowest BCUT2D eigenvalue weighted by Gasteiger charge is -2.36. The number of nitrogens with one attached hydrogen (secondary N) is 1. The van der Waals surface area contributed by atoms with Gasteiger partial charge in [-0.1, -0.05) is 24.3 Å². The van der Waals surface area contributed by atoms with Crippen LogP contribution in [-0.4, -0.2) is 44.1 Å². The molecule has 0 aliphatic carbocycles. The van der Waals surface area contributed by atoms with Crippen LogP contribution < -0.4 is 15.0 Å². The van der Waals surface area contributed by atoms with Gasteiger partial charge in [0.2, 0.25) is 0 Å². The maximum Gasteiger partial charge on any atom is 0.291 e. The number of piperazine rings is 1. The molecule has 1 amide bonds. The van der Waals surface area contributed by atoms with Gasteiger partial charge < -0.3 is 19.4 Å². The van der Waals surface area contributed by atoms with Crippen molar-refractivity contribution in [1.82, 2.24) is 4.90 Å². The first kappa shape index (κ1) is 20.0. The zero-order chi connectivity index (χ0) is 20.9. The van der Waals surface area contributed by atoms with Crippen molar-refractivity contribution < 1.29 is 13.9 Å². The van der Waals surface area contributed by atoms with Gasteiger partial charge in [-0.2, -0.15) is 0 Å². The number of rotatable bonds is 6. The highest BCUT2D eigenvalue weighted by atomic mass is 16.5. The van der Waals surface area contributed by atoms with Gasteiger partial charge in [-0.25, -0.2) is 0 Å². The highest BCUT2D eigenvalue weighted by molar-refractivity contribution is 6.02. The number of para-hydroxylation sites is 2. The van der Waals surface area contributed by atoms with Crippen molar-refractivity contribution in [2.75, 3.05) is 43.5 Å². The molecule has 1 N–H and O–H groups in total. The van der Waals surface area contributed by atoms with Gasteiger partial charge in [0.05, 0.1) is 19.3 Å². The minimum absolute atomic E-state index is 0.229. The number of furan rings is 1. The summed E-state index contributed by atoms with van der Waals surface area (Å²) < 4.78 is 11.3. The molecule has 6 nitrogen and oxygen atoms in total. The first-order valence-electron chi connectivity index (χ1n) is 10.2. The molecule has 6 heteroatoms. The van der Waals surface area contributed by atoms with E-state index in [4.69, 9.17) is 9.15 Å². The van der Waals surface area contributed by atoms with E-state index in [1.807, 2.05) is 55.5 Å². The fourth-order valence-corrected chi connectivity index (χ4v) is 3.76. The predicted octanol–water partition coefficient (Wildman–Crippen LogP) is 4.17. The monoisotopic (exact) mass is 405 g/mol. The molecule has 0 saturated carbocycles. The normalized spacial score (nSPS) is 14.5. The van der Waals surface area contributed by atoms with Crippen molar-refractivity contribution in [3.8, 4) is 5.75 Å². The van der Waals surface area contributed by atoms with Crippen molar-refractivity contribution in [3.63, 3.8) is 0 Å². The van der Waals surface area contributed by atoms with Gasteiger partial charge >= 0.3 is 0 Å². The van der Waals surface area contributed by atoms with Crippen LogP contribution in [0.25, 0.3) is 0 Å². The molecule has 30 heavy (non-hydrogen) atoms. The molecule has 0 bridgehead atoms. The average molecular weight is 405 g/mol. The van der Waals surface area contributed by atoms with E-state index in [0.29, 0.717) is 12.3 Å². The molecular formula is C24H27N3O3. The summed E-state index contributed by atoms with van der Waals surface area (Å²) in [6.07, 6.45) is 0. The Hall–Kier alpha value is -3.25. The second kappa shape index (κ2) is 9.05. The van der Waals surface area contributed by atoms with Crippen LogP contribution in [0.1, 0.15) is 21.9 Å². The summed E-state index contributed by atoms with van der Waals surface area (Å²) in [5.74, 6) is 1.81. The zero-order valence-corrected chi connectivity index (χ0v) is 17.4. The van der Waals surface area contributed by atoms with E-state index in [1.165, 1.54) is 0 Å². The molecule has 4 rings (SSSR count). The number of carbonyl (C=O) groups is 1. The van der Waals surface area contributed by atoms with Crippen molar-refractivity contribution in [3.05, 3.63) is 77.7 Å². The molecule has 0 unspecified atom stereocenters. The average Bonchev–Trinajstić information content (AvgIpc) is 3.23. The molecule has 1 saturated heterocycles. The van der Waals surface area contributed by atoms with Gasteiger partial charge in [0.1, 0.15) is 11.5 Å². The number of amides is 1. The second-order valence-corrected chi connectivity index (χ2v) is 7.52. The maximum absolute atomic E-state index is 12.5. The van der Waals surface area contributed by atoms with Crippen LogP contribution in [0.3, 0.4) is 0 Å². The third kappa shape index (κ3) is 4.66. The molecule has 1 aromatic heterocycles. The number of nitrogens with zero attached hydrogens (tertiary/aromatic N) is 2. The van der Waals surface area contributed by atoms with Gasteiger partial charge in [-0.3, -0.25) is 9.69 Å². The number of hydrogen-bond acceptors (Lipinski definition) is 5. The quantitative estimate of drug-likeness (QED) is 0.667. The molecule has 156 valence electrons. The summed E-state index contributed by atoms with van der Waals surface area (Å²) >= 11 is 0. The van der Waals surface area contributed by atoms with Crippen molar-refractivity contribution >= 4 is 17.3 Å². The molecule has 2 aromatic carbocycles. The summed E-state index contributed by atoms with van der Waals surface area (Å²) in [7, 11) is 1.71. The van der Waals surface area contributed by atoms with Crippen LogP contribution in [-0.2, 0) is 6.54 Å². The summed E-state index contributed by atoms with van der Waals surface area (Å²) in [4.78, 5) is 17.1. The lowest BCUT2D eigenvalue weighted by atomic mass is 10.2. The Bertz CT molecular complexity index is 1010. The van der Waals surface area contributed by atoms with Gasteiger partial charge in [0.25, 0.3) is 5.91 Å². The van der Waals surface area contributed by atoms with Gasteiger partial charge in [-0.15, -0.1) is 0 Å². The number of methoxy groups -OCH3 is 1. The Morgan fingerprint density at radius 3 is 2.60 bits per heavy atom. The van der Waals surface area contributed by atoms with Crippen LogP contribution in [0.2, 0.25) is 0 Å². The number of ether oxygens (including phenoxy) is 1. The highest BCUT2D eigenvalue weighted by Gasteiger charge is 2.21. The summed E-state index contributed by atoms with van der Waals surface area (Å²) in [6, 6.07) is 19.5. The van der Waals surface area contributed by atoms with Crippen LogP contribution >= 0.6 is 0 Å². The number of aryl methyl sites for hydroxylation is 1. The lowest BCUT2D eigenvalue weighted by molar-refractivity contribution is 0.0992. The van der Waals surface area contributed by atoms with E-state index in [9.17, 15) is 4.79 Å². The van der Waals surface area contributed by atoms with Crippen molar-refractivity contribution in [2.24, 2.45) is 0 Å². The number of hydrogen-bond donors (Lipinski definition) is 1. The Morgan fingerprint density at radius 1 is 1.03 bits per heavy atom. The number of benzene rings is 2. The van der Waals surface area contributed by atoms with Gasteiger partial charge in [0.15, 0.2) is 5.76 Å². The number of anilines is 2. The molecule has 1 aliphatic heterocycles. The van der Waals surface area contributed by atoms with Crippen LogP contribution in [0.15, 0.2) is 65.1 Å². The van der Waals surface area contributed by atoms with E-state index < -0.39 is 0 Å². The minimum atomic E-state index is -0.229. The Kier molecular flexibility index (Phi) is 6.05. The fourth-order valence-electron chi connectivity index (χ4n) is 3.76. The Morgan fingerprint density at radius 2 is 1.83 bits per heavy atom. The Labute approximate surface area is 177 Å². The summed E-state index contributed by atoms with van der Waals surface area (Å²) in [5.41, 5.74) is 3.00. The van der Waals surface area contributed by atoms with E-state index in [2.05, 4.69) is 21.2 Å². The smallest absolute Gasteiger partial charge is 0.291 e. The van der Waals surface area contributed by atoms with E-state index in [1.54, 1.807) is 13.2 Å². The molecule has 1 fully saturated rings. The topological polar surface area (TPSA) is 58.0 Å². The molecule has 1 aliphatic rings. The number of carbonyl (C=O) groups excluding carboxylic acids is 1. The zero-order valence-electron chi connectivity index (χ0n) is 17.4. The van der Waals surface area contributed by atoms with Gasteiger partial charge in [-0.05, 0) is 48.9 Å². The molecule has 2 heterocycles. The van der Waals surface area contributed by atoms with E-state index >= 15 is 0 Å². The fraction of sp³-hybridized carbons (Fsp3) is 0.292. The lowest BCUT2D eigenvalue weighted by Crippen LogP contribution is -2.46. The van der Waals surface area contributed by atoms with E-state index in [-0.39, 0.29) is 5.91 Å². The van der Waals surface area contributed by atoms with Crippen LogP contribution in [0.5, 0.6) is 5.75 Å². The first-order chi connectivity index (χ1) is 14.6. The second-order valence-electron chi connectivity index (χ2n) is 7.52. The minimum Gasteiger partial charge on any atom is -0.495 e. The standard InChI is InChI=1S/C24H27N3O3/c1-18-6-5-7-19(16-18)25-24(28)23-11-10-20(30-23)17-26-12-14-27(15-13-26)21-8-3-4-9-22(21)29-2/h3-11,16H,12-15,17H2,1-2H3,(H,25,28). The van der Waals surface area contributed by atoms with Crippen LogP contribution in [0, 0.1) is 6.92 Å². The maximum atomic E-state index is 12.5. The molecule has 0 atom stereocenters. The largest absolute Gasteiger partial charge is 0.495 e. The summed E-state index contributed by atoms with van der Waals surface area (Å²) in [6.45, 7) is 6.36. The van der Waals surface area contributed by atoms with E-state index in [0.717, 1.165) is 54.6 Å². The third-order valence-electron chi connectivity index (χ3n) is 5.34. The third-order valence-corrected chi connectivity index (χ3v) is 5.34. The van der Waals surface area contributed by atoms with Crippen molar-refractivity contribution in [2.45, 2.75) is 13.5 Å². The Balaban J connectivity index is 1.32. The molecule has 3 aromatic rings. The molecular weight excluding hydrogens is 378 g/mol. The molecule has 0 radical (unpaired) electrons. The summed E-state index contributed by atoms with van der Waals surface area (Å²) in [5, 5.41) is 2.89. The van der Waals surface area contributed by atoms with Gasteiger partial charge in [0, 0.05) is 31.9 Å².